The van der Waals surface area contributed by atoms with E-state index in [0.717, 1.165) is 5.69 Å². The summed E-state index contributed by atoms with van der Waals surface area (Å²) in [5.41, 5.74) is 8.71. The van der Waals surface area contributed by atoms with Gasteiger partial charge in [-0.25, -0.2) is 4.99 Å². The molecular formula is C18H24IN3O2. The number of benzene rings is 2. The minimum absolute atomic E-state index is 0. The molecule has 6 heteroatoms. The van der Waals surface area contributed by atoms with Crippen molar-refractivity contribution in [1.82, 2.24) is 0 Å². The van der Waals surface area contributed by atoms with Crippen LogP contribution < -0.4 is 15.8 Å². The van der Waals surface area contributed by atoms with E-state index in [-0.39, 0.29) is 36.3 Å². The molecule has 24 heavy (non-hydrogen) atoms. The number of halogens is 1. The van der Waals surface area contributed by atoms with Gasteiger partial charge in [0.2, 0.25) is 0 Å². The molecule has 0 saturated carbocycles. The van der Waals surface area contributed by atoms with Gasteiger partial charge in [-0.15, -0.1) is 24.0 Å². The fourth-order valence-corrected chi connectivity index (χ4v) is 2.15. The second kappa shape index (κ2) is 9.36. The molecular weight excluding hydrogens is 417 g/mol. The highest BCUT2D eigenvalue weighted by Crippen LogP contribution is 2.23. The van der Waals surface area contributed by atoms with Crippen LogP contribution in [-0.4, -0.2) is 18.2 Å². The van der Waals surface area contributed by atoms with Crippen LogP contribution >= 0.6 is 24.0 Å². The first-order valence-electron chi connectivity index (χ1n) is 7.52. The normalized spacial score (nSPS) is 11.1. The van der Waals surface area contributed by atoms with Crippen LogP contribution in [0.4, 0.5) is 5.69 Å². The van der Waals surface area contributed by atoms with E-state index >= 15 is 0 Å². The molecule has 4 N–H and O–H groups in total. The number of nitrogens with zero attached hydrogens (tertiary/aromatic N) is 1. The van der Waals surface area contributed by atoms with E-state index in [1.165, 1.54) is 5.56 Å². The maximum absolute atomic E-state index is 9.84. The number of nitrogens with one attached hydrogen (secondary N) is 1. The van der Waals surface area contributed by atoms with Crippen LogP contribution in [0.15, 0.2) is 47.5 Å². The highest BCUT2D eigenvalue weighted by atomic mass is 127. The van der Waals surface area contributed by atoms with Crippen LogP contribution in [0.2, 0.25) is 0 Å². The zero-order chi connectivity index (χ0) is 16.8. The predicted octanol–water partition coefficient (Wildman–Crippen LogP) is 4.07. The number of ether oxygens (including phenoxy) is 1. The zero-order valence-corrected chi connectivity index (χ0v) is 16.4. The summed E-state index contributed by atoms with van der Waals surface area (Å²) in [6, 6.07) is 13.1. The molecule has 5 nitrogen and oxygen atoms in total. The number of phenols is 1. The van der Waals surface area contributed by atoms with Gasteiger partial charge in [0.05, 0.1) is 13.7 Å². The van der Waals surface area contributed by atoms with Crippen molar-refractivity contribution in [3.05, 3.63) is 53.6 Å². The molecule has 0 aliphatic carbocycles. The van der Waals surface area contributed by atoms with Crippen molar-refractivity contribution in [3.8, 4) is 11.5 Å². The standard InChI is InChI=1S/C18H23N3O2.HI/c1-12(2)13-5-4-6-15(9-13)21-18(19)20-11-14-10-16(23-3)7-8-17(14)22;/h4-10,12,22H,11H2,1-3H3,(H3,19,20,21);1H. The predicted molar refractivity (Wildman–Crippen MR) is 110 cm³/mol. The maximum Gasteiger partial charge on any atom is 0.193 e. The Bertz CT molecular complexity index is 702. The number of hydrogen-bond acceptors (Lipinski definition) is 3. The number of aromatic hydroxyl groups is 1. The molecule has 0 unspecified atom stereocenters. The number of aliphatic imine (C=N–C) groups is 1. The van der Waals surface area contributed by atoms with Crippen molar-refractivity contribution < 1.29 is 9.84 Å². The van der Waals surface area contributed by atoms with Crippen molar-refractivity contribution in [2.45, 2.75) is 26.3 Å². The molecule has 0 fully saturated rings. The summed E-state index contributed by atoms with van der Waals surface area (Å²) >= 11 is 0. The van der Waals surface area contributed by atoms with Crippen LogP contribution in [0.1, 0.15) is 30.9 Å². The quantitative estimate of drug-likeness (QED) is 0.371. The monoisotopic (exact) mass is 441 g/mol. The Hall–Kier alpha value is -1.96. The Kier molecular flexibility index (Phi) is 7.84. The Morgan fingerprint density at radius 1 is 1.25 bits per heavy atom. The molecule has 0 saturated heterocycles. The van der Waals surface area contributed by atoms with Gasteiger partial charge in [0.25, 0.3) is 0 Å². The molecule has 0 bridgehead atoms. The first-order valence-corrected chi connectivity index (χ1v) is 7.52. The van der Waals surface area contributed by atoms with E-state index < -0.39 is 0 Å². The van der Waals surface area contributed by atoms with Crippen molar-refractivity contribution in [2.75, 3.05) is 12.4 Å². The van der Waals surface area contributed by atoms with Gasteiger partial charge in [-0.3, -0.25) is 0 Å². The molecule has 0 atom stereocenters. The minimum atomic E-state index is 0. The van der Waals surface area contributed by atoms with Crippen molar-refractivity contribution in [3.63, 3.8) is 0 Å². The van der Waals surface area contributed by atoms with E-state index in [2.05, 4.69) is 36.3 Å². The van der Waals surface area contributed by atoms with E-state index in [4.69, 9.17) is 10.5 Å². The van der Waals surface area contributed by atoms with E-state index in [0.29, 0.717) is 23.2 Å². The minimum Gasteiger partial charge on any atom is -0.508 e. The summed E-state index contributed by atoms with van der Waals surface area (Å²) in [6.07, 6.45) is 0. The number of nitrogens with two attached hydrogens (primary N) is 1. The summed E-state index contributed by atoms with van der Waals surface area (Å²) in [5.74, 6) is 1.59. The lowest BCUT2D eigenvalue weighted by Gasteiger charge is -2.10. The Labute approximate surface area is 160 Å². The molecule has 0 radical (unpaired) electrons. The SMILES string of the molecule is COc1ccc(O)c(CN=C(N)Nc2cccc(C(C)C)c2)c1.I. The largest absolute Gasteiger partial charge is 0.508 e. The Morgan fingerprint density at radius 3 is 2.67 bits per heavy atom. The fourth-order valence-electron chi connectivity index (χ4n) is 2.15. The summed E-state index contributed by atoms with van der Waals surface area (Å²) in [7, 11) is 1.58. The van der Waals surface area contributed by atoms with E-state index in [1.54, 1.807) is 25.3 Å². The zero-order valence-electron chi connectivity index (χ0n) is 14.1. The molecule has 0 aliphatic heterocycles. The third-order valence-corrected chi connectivity index (χ3v) is 3.53. The lowest BCUT2D eigenvalue weighted by molar-refractivity contribution is 0.411. The molecule has 2 aromatic carbocycles. The molecule has 130 valence electrons. The molecule has 2 rings (SSSR count). The number of rotatable bonds is 5. The second-order valence-electron chi connectivity index (χ2n) is 5.60. The lowest BCUT2D eigenvalue weighted by atomic mass is 10.0. The summed E-state index contributed by atoms with van der Waals surface area (Å²) in [4.78, 5) is 4.27. The van der Waals surface area contributed by atoms with Gasteiger partial charge >= 0.3 is 0 Å². The average molecular weight is 441 g/mol. The van der Waals surface area contributed by atoms with Gasteiger partial charge in [-0.05, 0) is 41.8 Å². The number of anilines is 1. The van der Waals surface area contributed by atoms with Gasteiger partial charge in [0, 0.05) is 11.3 Å². The third kappa shape index (κ3) is 5.59. The van der Waals surface area contributed by atoms with Crippen LogP contribution in [-0.2, 0) is 6.54 Å². The molecule has 0 aromatic heterocycles. The number of hydrogen-bond donors (Lipinski definition) is 3. The molecule has 0 aliphatic rings. The van der Waals surface area contributed by atoms with E-state index in [1.807, 2.05) is 12.1 Å². The maximum atomic E-state index is 9.84. The summed E-state index contributed by atoms with van der Waals surface area (Å²) in [6.45, 7) is 4.55. The van der Waals surface area contributed by atoms with Crippen LogP contribution in [0.25, 0.3) is 0 Å². The highest BCUT2D eigenvalue weighted by Gasteiger charge is 2.04. The van der Waals surface area contributed by atoms with Gasteiger partial charge in [-0.1, -0.05) is 26.0 Å². The molecule has 0 spiro atoms. The molecule has 2 aromatic rings. The summed E-state index contributed by atoms with van der Waals surface area (Å²) in [5, 5.41) is 12.9. The van der Waals surface area contributed by atoms with Gasteiger partial charge in [-0.2, -0.15) is 0 Å². The summed E-state index contributed by atoms with van der Waals surface area (Å²) < 4.78 is 5.14. The number of methoxy groups -OCH3 is 1. The van der Waals surface area contributed by atoms with Gasteiger partial charge in [0.1, 0.15) is 11.5 Å². The average Bonchev–Trinajstić information content (AvgIpc) is 2.54. The van der Waals surface area contributed by atoms with Crippen molar-refractivity contribution in [1.29, 1.82) is 0 Å². The number of guanidine groups is 1. The lowest BCUT2D eigenvalue weighted by Crippen LogP contribution is -2.22. The highest BCUT2D eigenvalue weighted by molar-refractivity contribution is 14.0. The van der Waals surface area contributed by atoms with Crippen LogP contribution in [0.5, 0.6) is 11.5 Å². The van der Waals surface area contributed by atoms with E-state index in [9.17, 15) is 5.11 Å². The second-order valence-corrected chi connectivity index (χ2v) is 5.60. The van der Waals surface area contributed by atoms with Crippen molar-refractivity contribution in [2.24, 2.45) is 10.7 Å². The fraction of sp³-hybridized carbons (Fsp3) is 0.278. The number of phenolic OH excluding ortho intramolecular Hbond substituents is 1. The van der Waals surface area contributed by atoms with Gasteiger partial charge < -0.3 is 20.9 Å². The van der Waals surface area contributed by atoms with Gasteiger partial charge in [0.15, 0.2) is 5.96 Å². The Balaban J connectivity index is 0.00000288. The Morgan fingerprint density at radius 2 is 2.00 bits per heavy atom. The topological polar surface area (TPSA) is 79.9 Å². The smallest absolute Gasteiger partial charge is 0.193 e. The first-order chi connectivity index (χ1) is 11.0. The third-order valence-electron chi connectivity index (χ3n) is 3.53. The van der Waals surface area contributed by atoms with Crippen LogP contribution in [0, 0.1) is 0 Å². The molecule has 0 heterocycles. The van der Waals surface area contributed by atoms with Crippen molar-refractivity contribution >= 4 is 35.6 Å². The first kappa shape index (κ1) is 20.1. The van der Waals surface area contributed by atoms with Crippen LogP contribution in [0.3, 0.4) is 0 Å². The molecule has 0 amide bonds.